The third kappa shape index (κ3) is 3.32. The van der Waals surface area contributed by atoms with Gasteiger partial charge in [0.15, 0.2) is 0 Å². The summed E-state index contributed by atoms with van der Waals surface area (Å²) in [5.74, 6) is 0.557. The molecule has 5 nitrogen and oxygen atoms in total. The Morgan fingerprint density at radius 2 is 2.04 bits per heavy atom. The Balaban J connectivity index is 1.71. The Labute approximate surface area is 155 Å². The van der Waals surface area contributed by atoms with Gasteiger partial charge in [0.25, 0.3) is 11.5 Å². The molecule has 0 aliphatic carbocycles. The van der Waals surface area contributed by atoms with Gasteiger partial charge in [0.05, 0.1) is 11.7 Å². The molecule has 3 aromatic rings. The molecular formula is C20H19N3O2S. The number of piperidine rings is 1. The number of aromatic nitrogens is 2. The molecule has 0 saturated carbocycles. The molecule has 0 unspecified atom stereocenters. The van der Waals surface area contributed by atoms with Crippen molar-refractivity contribution in [2.24, 2.45) is 0 Å². The molecule has 132 valence electrons. The minimum Gasteiger partial charge on any atom is -0.328 e. The largest absolute Gasteiger partial charge is 0.328 e. The molecule has 1 aliphatic heterocycles. The summed E-state index contributed by atoms with van der Waals surface area (Å²) in [5.41, 5.74) is 2.06. The second kappa shape index (κ2) is 7.25. The lowest BCUT2D eigenvalue weighted by molar-refractivity contribution is 0.0599. The molecule has 2 aromatic heterocycles. The van der Waals surface area contributed by atoms with E-state index in [1.54, 1.807) is 11.3 Å². The zero-order valence-electron chi connectivity index (χ0n) is 14.2. The molecule has 1 aliphatic rings. The molecule has 0 radical (unpaired) electrons. The molecule has 3 heterocycles. The number of thiophene rings is 1. The van der Waals surface area contributed by atoms with E-state index in [0.29, 0.717) is 23.6 Å². The number of hydrogen-bond acceptors (Lipinski definition) is 4. The number of rotatable bonds is 3. The van der Waals surface area contributed by atoms with Gasteiger partial charge < -0.3 is 9.88 Å². The normalized spacial score (nSPS) is 17.2. The van der Waals surface area contributed by atoms with Gasteiger partial charge in [0.2, 0.25) is 0 Å². The SMILES string of the molecule is O=C(c1ccccc1)N1CCCC[C@H]1c1nc(-c2ccsc2)cc(=O)[nH]1. The summed E-state index contributed by atoms with van der Waals surface area (Å²) in [6.45, 7) is 0.671. The molecule has 1 fully saturated rings. The lowest BCUT2D eigenvalue weighted by atomic mass is 9.99. The fourth-order valence-corrected chi connectivity index (χ4v) is 4.05. The number of carbonyl (C=O) groups excluding carboxylic acids is 1. The highest BCUT2D eigenvalue weighted by Crippen LogP contribution is 2.31. The molecule has 26 heavy (non-hydrogen) atoms. The van der Waals surface area contributed by atoms with E-state index in [4.69, 9.17) is 0 Å². The highest BCUT2D eigenvalue weighted by atomic mass is 32.1. The van der Waals surface area contributed by atoms with Crippen LogP contribution >= 0.6 is 11.3 Å². The number of hydrogen-bond donors (Lipinski definition) is 1. The molecule has 0 spiro atoms. The van der Waals surface area contributed by atoms with E-state index in [9.17, 15) is 9.59 Å². The maximum atomic E-state index is 13.0. The second-order valence-electron chi connectivity index (χ2n) is 6.40. The van der Waals surface area contributed by atoms with Crippen molar-refractivity contribution in [1.29, 1.82) is 0 Å². The van der Waals surface area contributed by atoms with Crippen LogP contribution in [0, 0.1) is 0 Å². The Kier molecular flexibility index (Phi) is 4.67. The van der Waals surface area contributed by atoms with Gasteiger partial charge in [0.1, 0.15) is 5.82 Å². The van der Waals surface area contributed by atoms with Gasteiger partial charge >= 0.3 is 0 Å². The van der Waals surface area contributed by atoms with Crippen LogP contribution in [0.3, 0.4) is 0 Å². The van der Waals surface area contributed by atoms with Crippen molar-refractivity contribution in [3.63, 3.8) is 0 Å². The van der Waals surface area contributed by atoms with Crippen LogP contribution in [0.4, 0.5) is 0 Å². The first-order valence-electron chi connectivity index (χ1n) is 8.72. The zero-order valence-corrected chi connectivity index (χ0v) is 15.0. The minimum atomic E-state index is -0.206. The van der Waals surface area contributed by atoms with Gasteiger partial charge in [0, 0.05) is 29.1 Å². The molecule has 1 atom stereocenters. The maximum absolute atomic E-state index is 13.0. The van der Waals surface area contributed by atoms with Gasteiger partial charge in [-0.25, -0.2) is 4.98 Å². The Bertz CT molecular complexity index is 951. The number of nitrogens with zero attached hydrogens (tertiary/aromatic N) is 2. The summed E-state index contributed by atoms with van der Waals surface area (Å²) in [6, 6.07) is 12.5. The minimum absolute atomic E-state index is 0.0149. The van der Waals surface area contributed by atoms with Crippen LogP contribution in [-0.4, -0.2) is 27.3 Å². The topological polar surface area (TPSA) is 66.1 Å². The first kappa shape index (κ1) is 16.7. The van der Waals surface area contributed by atoms with Gasteiger partial charge in [-0.15, -0.1) is 0 Å². The van der Waals surface area contributed by atoms with Crippen molar-refractivity contribution in [1.82, 2.24) is 14.9 Å². The predicted octanol–water partition coefficient (Wildman–Crippen LogP) is 3.87. The van der Waals surface area contributed by atoms with Crippen LogP contribution in [0.1, 0.15) is 41.5 Å². The third-order valence-corrected chi connectivity index (χ3v) is 5.36. The van der Waals surface area contributed by atoms with E-state index in [2.05, 4.69) is 9.97 Å². The average molecular weight is 365 g/mol. The van der Waals surface area contributed by atoms with Crippen molar-refractivity contribution in [2.45, 2.75) is 25.3 Å². The average Bonchev–Trinajstić information content (AvgIpc) is 3.22. The molecule has 4 rings (SSSR count). The fourth-order valence-electron chi connectivity index (χ4n) is 3.40. The van der Waals surface area contributed by atoms with Crippen LogP contribution in [0.5, 0.6) is 0 Å². The van der Waals surface area contributed by atoms with Crippen LogP contribution in [0.15, 0.2) is 58.0 Å². The van der Waals surface area contributed by atoms with Crippen LogP contribution in [0.25, 0.3) is 11.3 Å². The van der Waals surface area contributed by atoms with Crippen LogP contribution < -0.4 is 5.56 Å². The van der Waals surface area contributed by atoms with Crippen molar-refractivity contribution >= 4 is 17.2 Å². The van der Waals surface area contributed by atoms with E-state index in [-0.39, 0.29) is 17.5 Å². The van der Waals surface area contributed by atoms with Gasteiger partial charge in [-0.3, -0.25) is 9.59 Å². The van der Waals surface area contributed by atoms with Crippen molar-refractivity contribution < 1.29 is 4.79 Å². The van der Waals surface area contributed by atoms with Gasteiger partial charge in [-0.2, -0.15) is 11.3 Å². The molecule has 1 amide bonds. The number of nitrogens with one attached hydrogen (secondary N) is 1. The number of amides is 1. The second-order valence-corrected chi connectivity index (χ2v) is 7.18. The van der Waals surface area contributed by atoms with E-state index in [0.717, 1.165) is 24.8 Å². The standard InChI is InChI=1S/C20H19N3O2S/c24-18-12-16(15-9-11-26-13-15)21-19(22-18)17-8-4-5-10-23(17)20(25)14-6-2-1-3-7-14/h1-3,6-7,9,11-13,17H,4-5,8,10H2,(H,21,22,24)/t17-/m0/s1. The van der Waals surface area contributed by atoms with E-state index in [1.165, 1.54) is 6.07 Å². The lowest BCUT2D eigenvalue weighted by Gasteiger charge is -2.35. The highest BCUT2D eigenvalue weighted by molar-refractivity contribution is 7.08. The van der Waals surface area contributed by atoms with Crippen LogP contribution in [-0.2, 0) is 0 Å². The van der Waals surface area contributed by atoms with Crippen LogP contribution in [0.2, 0.25) is 0 Å². The fraction of sp³-hybridized carbons (Fsp3) is 0.250. The Hall–Kier alpha value is -2.73. The van der Waals surface area contributed by atoms with Crippen molar-refractivity contribution in [3.05, 3.63) is 75.0 Å². The molecular weight excluding hydrogens is 346 g/mol. The number of likely N-dealkylation sites (tertiary alicyclic amines) is 1. The number of aromatic amines is 1. The summed E-state index contributed by atoms with van der Waals surface area (Å²) in [4.78, 5) is 34.6. The highest BCUT2D eigenvalue weighted by Gasteiger charge is 2.30. The number of benzene rings is 1. The summed E-state index contributed by atoms with van der Waals surface area (Å²) in [6.07, 6.45) is 2.77. The van der Waals surface area contributed by atoms with Gasteiger partial charge in [-0.05, 0) is 42.8 Å². The molecule has 0 bridgehead atoms. The van der Waals surface area contributed by atoms with Crippen molar-refractivity contribution in [3.8, 4) is 11.3 Å². The van der Waals surface area contributed by atoms with E-state index in [1.807, 2.05) is 52.1 Å². The molecule has 1 N–H and O–H groups in total. The summed E-state index contributed by atoms with van der Waals surface area (Å²) >= 11 is 1.57. The van der Waals surface area contributed by atoms with E-state index >= 15 is 0 Å². The third-order valence-electron chi connectivity index (χ3n) is 4.68. The Morgan fingerprint density at radius 1 is 1.19 bits per heavy atom. The quantitative estimate of drug-likeness (QED) is 0.766. The number of carbonyl (C=O) groups is 1. The summed E-state index contributed by atoms with van der Waals surface area (Å²) in [7, 11) is 0. The summed E-state index contributed by atoms with van der Waals surface area (Å²) < 4.78 is 0. The Morgan fingerprint density at radius 3 is 2.81 bits per heavy atom. The monoisotopic (exact) mass is 365 g/mol. The molecule has 6 heteroatoms. The first-order valence-corrected chi connectivity index (χ1v) is 9.66. The van der Waals surface area contributed by atoms with E-state index < -0.39 is 0 Å². The zero-order chi connectivity index (χ0) is 17.9. The lowest BCUT2D eigenvalue weighted by Crippen LogP contribution is -2.39. The van der Waals surface area contributed by atoms with Crippen molar-refractivity contribution in [2.75, 3.05) is 6.54 Å². The first-order chi connectivity index (χ1) is 12.7. The van der Waals surface area contributed by atoms with Gasteiger partial charge in [-0.1, -0.05) is 18.2 Å². The smallest absolute Gasteiger partial charge is 0.254 e. The molecule has 1 saturated heterocycles. The summed E-state index contributed by atoms with van der Waals surface area (Å²) in [5, 5.41) is 3.93. The maximum Gasteiger partial charge on any atom is 0.254 e. The predicted molar refractivity (Wildman–Crippen MR) is 102 cm³/mol. The molecule has 1 aromatic carbocycles. The number of H-pyrrole nitrogens is 1.